The van der Waals surface area contributed by atoms with Crippen molar-refractivity contribution in [1.29, 1.82) is 0 Å². The van der Waals surface area contributed by atoms with Crippen molar-refractivity contribution in [1.82, 2.24) is 9.97 Å². The highest BCUT2D eigenvalue weighted by atomic mass is 35.5. The van der Waals surface area contributed by atoms with Crippen LogP contribution in [0.2, 0.25) is 5.02 Å². The lowest BCUT2D eigenvalue weighted by Gasteiger charge is -2.07. The Morgan fingerprint density at radius 3 is 2.71 bits per heavy atom. The van der Waals surface area contributed by atoms with E-state index in [4.69, 9.17) is 11.6 Å². The van der Waals surface area contributed by atoms with Crippen molar-refractivity contribution < 1.29 is 0 Å². The highest BCUT2D eigenvalue weighted by molar-refractivity contribution is 6.33. The third-order valence-corrected chi connectivity index (χ3v) is 3.05. The summed E-state index contributed by atoms with van der Waals surface area (Å²) in [4.78, 5) is 19.0. The fourth-order valence-corrected chi connectivity index (χ4v) is 1.93. The monoisotopic (exact) mass is 248 g/mol. The molecule has 4 heteroatoms. The number of hydrogen-bond acceptors (Lipinski definition) is 2. The number of rotatable bonds is 2. The van der Waals surface area contributed by atoms with E-state index in [-0.39, 0.29) is 5.56 Å². The molecule has 0 aliphatic carbocycles. The van der Waals surface area contributed by atoms with Crippen LogP contribution in [0.25, 0.3) is 11.4 Å². The fraction of sp³-hybridized carbons (Fsp3) is 0.231. The van der Waals surface area contributed by atoms with E-state index in [9.17, 15) is 4.79 Å². The number of nitrogens with zero attached hydrogens (tertiary/aromatic N) is 1. The average molecular weight is 249 g/mol. The van der Waals surface area contributed by atoms with E-state index < -0.39 is 0 Å². The molecule has 0 spiro atoms. The summed E-state index contributed by atoms with van der Waals surface area (Å²) in [5.41, 5.74) is 2.12. The Morgan fingerprint density at radius 1 is 1.35 bits per heavy atom. The number of halogens is 1. The van der Waals surface area contributed by atoms with Crippen LogP contribution in [0.3, 0.4) is 0 Å². The largest absolute Gasteiger partial charge is 0.306 e. The van der Waals surface area contributed by atoms with E-state index in [1.165, 1.54) is 0 Å². The van der Waals surface area contributed by atoms with E-state index >= 15 is 0 Å². The first-order chi connectivity index (χ1) is 8.13. The van der Waals surface area contributed by atoms with E-state index in [2.05, 4.69) is 9.97 Å². The predicted molar refractivity (Wildman–Crippen MR) is 69.4 cm³/mol. The average Bonchev–Trinajstić information content (AvgIpc) is 2.33. The normalized spacial score (nSPS) is 10.5. The topological polar surface area (TPSA) is 45.8 Å². The van der Waals surface area contributed by atoms with Gasteiger partial charge in [-0.2, -0.15) is 0 Å². The van der Waals surface area contributed by atoms with Gasteiger partial charge in [-0.15, -0.1) is 0 Å². The lowest BCUT2D eigenvalue weighted by atomic mass is 10.1. The Morgan fingerprint density at radius 2 is 2.06 bits per heavy atom. The summed E-state index contributed by atoms with van der Waals surface area (Å²) in [6.07, 6.45) is 0.729. The van der Waals surface area contributed by atoms with Gasteiger partial charge in [0, 0.05) is 11.1 Å². The smallest absolute Gasteiger partial charge is 0.254 e. The lowest BCUT2D eigenvalue weighted by molar-refractivity contribution is 0.955. The number of benzene rings is 1. The number of aromatic nitrogens is 2. The zero-order valence-electron chi connectivity index (χ0n) is 9.75. The quantitative estimate of drug-likeness (QED) is 0.888. The Hall–Kier alpha value is -1.61. The molecule has 0 amide bonds. The number of aryl methyl sites for hydroxylation is 1. The molecule has 1 aromatic carbocycles. The van der Waals surface area contributed by atoms with Crippen molar-refractivity contribution in [2.75, 3.05) is 0 Å². The summed E-state index contributed by atoms with van der Waals surface area (Å²) in [5.74, 6) is 0.531. The molecule has 1 heterocycles. The first-order valence-corrected chi connectivity index (χ1v) is 5.86. The Labute approximate surface area is 104 Å². The molecule has 0 saturated heterocycles. The molecule has 0 fully saturated rings. The fourth-order valence-electron chi connectivity index (χ4n) is 1.70. The van der Waals surface area contributed by atoms with E-state index in [0.717, 1.165) is 17.7 Å². The zero-order chi connectivity index (χ0) is 12.4. The molecule has 17 heavy (non-hydrogen) atoms. The van der Waals surface area contributed by atoms with Crippen LogP contribution in [-0.2, 0) is 6.42 Å². The molecule has 1 N–H and O–H groups in total. The van der Waals surface area contributed by atoms with Crippen LogP contribution < -0.4 is 5.56 Å². The van der Waals surface area contributed by atoms with Crippen molar-refractivity contribution in [3.05, 3.63) is 50.9 Å². The van der Waals surface area contributed by atoms with E-state index in [1.54, 1.807) is 13.0 Å². The molecule has 0 bridgehead atoms. The van der Waals surface area contributed by atoms with Crippen LogP contribution >= 0.6 is 11.6 Å². The molecule has 1 aromatic heterocycles. The maximum atomic E-state index is 11.8. The van der Waals surface area contributed by atoms with E-state index in [0.29, 0.717) is 16.4 Å². The summed E-state index contributed by atoms with van der Waals surface area (Å²) in [6.45, 7) is 3.76. The van der Waals surface area contributed by atoms with Crippen molar-refractivity contribution in [3.8, 4) is 11.4 Å². The number of H-pyrrole nitrogens is 1. The number of hydrogen-bond donors (Lipinski definition) is 1. The van der Waals surface area contributed by atoms with Gasteiger partial charge in [0.25, 0.3) is 5.56 Å². The van der Waals surface area contributed by atoms with Gasteiger partial charge in [-0.05, 0) is 25.5 Å². The van der Waals surface area contributed by atoms with Gasteiger partial charge >= 0.3 is 0 Å². The van der Waals surface area contributed by atoms with Crippen molar-refractivity contribution in [3.63, 3.8) is 0 Å². The van der Waals surface area contributed by atoms with Gasteiger partial charge in [0.05, 0.1) is 10.7 Å². The van der Waals surface area contributed by atoms with Crippen molar-refractivity contribution in [2.45, 2.75) is 20.3 Å². The molecule has 0 unspecified atom stereocenters. The highest BCUT2D eigenvalue weighted by Crippen LogP contribution is 2.24. The minimum atomic E-state index is -0.105. The van der Waals surface area contributed by atoms with Crippen LogP contribution in [0.5, 0.6) is 0 Å². The summed E-state index contributed by atoms with van der Waals surface area (Å²) in [6, 6.07) is 7.34. The van der Waals surface area contributed by atoms with Crippen LogP contribution in [-0.4, -0.2) is 9.97 Å². The lowest BCUT2D eigenvalue weighted by Crippen LogP contribution is -2.15. The van der Waals surface area contributed by atoms with Gasteiger partial charge in [0.2, 0.25) is 0 Å². The molecule has 2 rings (SSSR count). The molecule has 0 aliphatic heterocycles. The van der Waals surface area contributed by atoms with E-state index in [1.807, 2.05) is 25.1 Å². The Bertz CT molecular complexity index is 605. The van der Waals surface area contributed by atoms with Crippen LogP contribution in [0.15, 0.2) is 29.1 Å². The second-order valence-electron chi connectivity index (χ2n) is 3.82. The van der Waals surface area contributed by atoms with Gasteiger partial charge in [0.1, 0.15) is 5.82 Å². The summed E-state index contributed by atoms with van der Waals surface area (Å²) < 4.78 is 0. The number of nitrogens with one attached hydrogen (secondary N) is 1. The minimum absolute atomic E-state index is 0.105. The Balaban J connectivity index is 2.66. The molecule has 2 aromatic rings. The van der Waals surface area contributed by atoms with Crippen molar-refractivity contribution in [2.24, 2.45) is 0 Å². The summed E-state index contributed by atoms with van der Waals surface area (Å²) >= 11 is 6.08. The van der Waals surface area contributed by atoms with Crippen LogP contribution in [0.4, 0.5) is 0 Å². The zero-order valence-corrected chi connectivity index (χ0v) is 10.5. The standard InChI is InChI=1S/C13H13ClN2O/c1-3-11-8(2)13(17)16-12(15-11)9-6-4-5-7-10(9)14/h4-7H,3H2,1-2H3,(H,15,16,17). The van der Waals surface area contributed by atoms with Gasteiger partial charge in [-0.3, -0.25) is 4.79 Å². The molecule has 3 nitrogen and oxygen atoms in total. The van der Waals surface area contributed by atoms with Gasteiger partial charge in [0.15, 0.2) is 0 Å². The van der Waals surface area contributed by atoms with Crippen LogP contribution in [0.1, 0.15) is 18.2 Å². The maximum Gasteiger partial charge on any atom is 0.254 e. The molecule has 0 radical (unpaired) electrons. The molecule has 0 aliphatic rings. The Kier molecular flexibility index (Phi) is 3.29. The molecular weight excluding hydrogens is 236 g/mol. The summed E-state index contributed by atoms with van der Waals surface area (Å²) in [7, 11) is 0. The first-order valence-electron chi connectivity index (χ1n) is 5.48. The molecular formula is C13H13ClN2O. The van der Waals surface area contributed by atoms with Gasteiger partial charge in [-0.1, -0.05) is 30.7 Å². The minimum Gasteiger partial charge on any atom is -0.306 e. The highest BCUT2D eigenvalue weighted by Gasteiger charge is 2.09. The molecule has 88 valence electrons. The SMILES string of the molecule is CCc1nc(-c2ccccc2Cl)[nH]c(=O)c1C. The first kappa shape index (κ1) is 11.9. The van der Waals surface area contributed by atoms with Crippen molar-refractivity contribution >= 4 is 11.6 Å². The number of aromatic amines is 1. The molecule has 0 saturated carbocycles. The predicted octanol–water partition coefficient (Wildman–Crippen LogP) is 2.96. The second-order valence-corrected chi connectivity index (χ2v) is 4.23. The third-order valence-electron chi connectivity index (χ3n) is 2.72. The van der Waals surface area contributed by atoms with Gasteiger partial charge in [-0.25, -0.2) is 4.98 Å². The second kappa shape index (κ2) is 4.72. The maximum absolute atomic E-state index is 11.8. The third kappa shape index (κ3) is 2.24. The van der Waals surface area contributed by atoms with Crippen LogP contribution in [0, 0.1) is 6.92 Å². The molecule has 0 atom stereocenters. The summed E-state index contributed by atoms with van der Waals surface area (Å²) in [5, 5.41) is 0.585. The van der Waals surface area contributed by atoms with Gasteiger partial charge < -0.3 is 4.98 Å².